The predicted molar refractivity (Wildman–Crippen MR) is 100 cm³/mol. The summed E-state index contributed by atoms with van der Waals surface area (Å²) in [7, 11) is 0. The Morgan fingerprint density at radius 2 is 1.80 bits per heavy atom. The van der Waals surface area contributed by atoms with E-state index >= 15 is 0 Å². The van der Waals surface area contributed by atoms with Gasteiger partial charge in [-0.25, -0.2) is 4.79 Å². The zero-order chi connectivity index (χ0) is 17.5. The Kier molecular flexibility index (Phi) is 6.48. The molecule has 2 aromatic rings. The molecule has 3 rings (SSSR count). The van der Waals surface area contributed by atoms with Gasteiger partial charge in [-0.3, -0.25) is 0 Å². The van der Waals surface area contributed by atoms with Crippen LogP contribution in [-0.2, 0) is 22.6 Å². The Morgan fingerprint density at radius 3 is 2.52 bits per heavy atom. The molecule has 2 aromatic carbocycles. The average molecular weight is 404 g/mol. The van der Waals surface area contributed by atoms with Gasteiger partial charge in [0.1, 0.15) is 6.61 Å². The molecule has 1 amide bonds. The molecule has 0 spiro atoms. The molecule has 1 fully saturated rings. The van der Waals surface area contributed by atoms with E-state index in [4.69, 9.17) is 9.47 Å². The van der Waals surface area contributed by atoms with Crippen molar-refractivity contribution in [3.05, 3.63) is 70.2 Å². The van der Waals surface area contributed by atoms with Crippen LogP contribution in [0, 0.1) is 0 Å². The van der Waals surface area contributed by atoms with Crippen molar-refractivity contribution in [3.63, 3.8) is 0 Å². The monoisotopic (exact) mass is 403 g/mol. The first-order valence-corrected chi connectivity index (χ1v) is 9.31. The van der Waals surface area contributed by atoms with Gasteiger partial charge in [0.25, 0.3) is 0 Å². The second-order valence-electron chi connectivity index (χ2n) is 6.14. The van der Waals surface area contributed by atoms with E-state index in [-0.39, 0.29) is 18.7 Å². The van der Waals surface area contributed by atoms with E-state index < -0.39 is 0 Å². The fourth-order valence-electron chi connectivity index (χ4n) is 2.97. The van der Waals surface area contributed by atoms with E-state index in [1.165, 1.54) is 0 Å². The Morgan fingerprint density at radius 1 is 1.08 bits per heavy atom. The fourth-order valence-corrected chi connectivity index (χ4v) is 3.42. The molecule has 1 saturated heterocycles. The van der Waals surface area contributed by atoms with Gasteiger partial charge in [-0.1, -0.05) is 58.4 Å². The summed E-state index contributed by atoms with van der Waals surface area (Å²) in [5, 5.41) is 0. The first-order valence-electron chi connectivity index (χ1n) is 8.52. The number of amides is 1. The molecule has 1 aliphatic heterocycles. The highest BCUT2D eigenvalue weighted by Gasteiger charge is 2.27. The number of benzene rings is 2. The van der Waals surface area contributed by atoms with Crippen molar-refractivity contribution < 1.29 is 14.3 Å². The van der Waals surface area contributed by atoms with E-state index in [9.17, 15) is 4.79 Å². The third-order valence-electron chi connectivity index (χ3n) is 4.31. The molecule has 5 heteroatoms. The van der Waals surface area contributed by atoms with Crippen LogP contribution in [0.25, 0.3) is 0 Å². The van der Waals surface area contributed by atoms with Crippen LogP contribution in [0.1, 0.15) is 24.0 Å². The first kappa shape index (κ1) is 18.0. The van der Waals surface area contributed by atoms with Crippen molar-refractivity contribution in [2.45, 2.75) is 32.0 Å². The summed E-state index contributed by atoms with van der Waals surface area (Å²) in [6.07, 6.45) is 1.42. The second-order valence-corrected chi connectivity index (χ2v) is 7.06. The van der Waals surface area contributed by atoms with Crippen molar-refractivity contribution in [3.8, 4) is 0 Å². The van der Waals surface area contributed by atoms with E-state index in [1.54, 1.807) is 0 Å². The molecule has 0 radical (unpaired) electrons. The summed E-state index contributed by atoms with van der Waals surface area (Å²) in [6.45, 7) is 2.20. The van der Waals surface area contributed by atoms with Crippen molar-refractivity contribution >= 4 is 22.0 Å². The van der Waals surface area contributed by atoms with Gasteiger partial charge in [-0.05, 0) is 36.1 Å². The van der Waals surface area contributed by atoms with Gasteiger partial charge in [0.05, 0.1) is 0 Å². The number of hydrogen-bond acceptors (Lipinski definition) is 3. The molecule has 0 aliphatic carbocycles. The van der Waals surface area contributed by atoms with Crippen LogP contribution in [0.5, 0.6) is 0 Å². The predicted octanol–water partition coefficient (Wildman–Crippen LogP) is 4.77. The number of carbonyl (C=O) groups is 1. The summed E-state index contributed by atoms with van der Waals surface area (Å²) < 4.78 is 12.0. The fraction of sp³-hybridized carbons (Fsp3) is 0.350. The third kappa shape index (κ3) is 5.31. The molecule has 0 bridgehead atoms. The van der Waals surface area contributed by atoms with Gasteiger partial charge in [0, 0.05) is 30.3 Å². The van der Waals surface area contributed by atoms with E-state index in [2.05, 4.69) is 15.9 Å². The second kappa shape index (κ2) is 9.02. The molecule has 1 aliphatic rings. The van der Waals surface area contributed by atoms with Crippen LogP contribution < -0.4 is 0 Å². The Labute approximate surface area is 156 Å². The van der Waals surface area contributed by atoms with E-state index in [1.807, 2.05) is 59.5 Å². The highest BCUT2D eigenvalue weighted by atomic mass is 79.9. The molecule has 4 nitrogen and oxygen atoms in total. The van der Waals surface area contributed by atoms with Gasteiger partial charge < -0.3 is 14.4 Å². The number of hydrogen-bond donors (Lipinski definition) is 0. The van der Waals surface area contributed by atoms with Gasteiger partial charge in [-0.2, -0.15) is 0 Å². The quantitative estimate of drug-likeness (QED) is 0.721. The molecule has 0 atom stereocenters. The minimum absolute atomic E-state index is 0.149. The average Bonchev–Trinajstić information content (AvgIpc) is 2.66. The zero-order valence-electron chi connectivity index (χ0n) is 14.1. The molecule has 1 heterocycles. The van der Waals surface area contributed by atoms with Crippen molar-refractivity contribution in [1.82, 2.24) is 4.90 Å². The molecular formula is C20H22BrNO3. The van der Waals surface area contributed by atoms with Crippen molar-refractivity contribution in [2.24, 2.45) is 0 Å². The van der Waals surface area contributed by atoms with Gasteiger partial charge >= 0.3 is 6.09 Å². The Balaban J connectivity index is 1.69. The third-order valence-corrected chi connectivity index (χ3v) is 4.81. The van der Waals surface area contributed by atoms with E-state index in [0.29, 0.717) is 19.8 Å². The lowest BCUT2D eigenvalue weighted by atomic mass is 10.1. The number of halogens is 1. The number of nitrogens with zero attached hydrogens (tertiary/aromatic N) is 1. The largest absolute Gasteiger partial charge is 0.445 e. The highest BCUT2D eigenvalue weighted by Crippen LogP contribution is 2.21. The summed E-state index contributed by atoms with van der Waals surface area (Å²) >= 11 is 3.49. The van der Waals surface area contributed by atoms with Crippen LogP contribution in [0.2, 0.25) is 0 Å². The normalized spacial score (nSPS) is 14.9. The maximum absolute atomic E-state index is 12.8. The molecular weight excluding hydrogens is 382 g/mol. The number of ether oxygens (including phenoxy) is 2. The molecule has 0 aromatic heterocycles. The minimum atomic E-state index is -0.268. The molecule has 132 valence electrons. The SMILES string of the molecule is O=C(OCc1ccccc1)N(Cc1cccc(Br)c1)C1CCOCC1. The standard InChI is InChI=1S/C20H22BrNO3/c21-18-8-4-7-17(13-18)14-22(19-9-11-24-12-10-19)20(23)25-15-16-5-2-1-3-6-16/h1-8,13,19H,9-12,14-15H2. The lowest BCUT2D eigenvalue weighted by Crippen LogP contribution is -2.43. The summed E-state index contributed by atoms with van der Waals surface area (Å²) in [5.41, 5.74) is 2.07. The van der Waals surface area contributed by atoms with Crippen LogP contribution >= 0.6 is 15.9 Å². The maximum atomic E-state index is 12.8. The lowest BCUT2D eigenvalue weighted by molar-refractivity contribution is 0.0213. The van der Waals surface area contributed by atoms with Crippen LogP contribution in [-0.4, -0.2) is 30.2 Å². The Bertz CT molecular complexity index is 686. The molecule has 0 unspecified atom stereocenters. The van der Waals surface area contributed by atoms with Crippen LogP contribution in [0.15, 0.2) is 59.1 Å². The summed E-state index contributed by atoms with van der Waals surface area (Å²) in [4.78, 5) is 14.6. The molecule has 0 saturated carbocycles. The smallest absolute Gasteiger partial charge is 0.410 e. The minimum Gasteiger partial charge on any atom is -0.445 e. The summed E-state index contributed by atoms with van der Waals surface area (Å²) in [5.74, 6) is 0. The van der Waals surface area contributed by atoms with Crippen LogP contribution in [0.4, 0.5) is 4.79 Å². The van der Waals surface area contributed by atoms with Crippen molar-refractivity contribution in [1.29, 1.82) is 0 Å². The van der Waals surface area contributed by atoms with Crippen LogP contribution in [0.3, 0.4) is 0 Å². The molecule has 0 N–H and O–H groups in total. The van der Waals surface area contributed by atoms with Gasteiger partial charge in [0.2, 0.25) is 0 Å². The Hall–Kier alpha value is -1.85. The highest BCUT2D eigenvalue weighted by molar-refractivity contribution is 9.10. The topological polar surface area (TPSA) is 38.8 Å². The van der Waals surface area contributed by atoms with Gasteiger partial charge in [0.15, 0.2) is 0 Å². The zero-order valence-corrected chi connectivity index (χ0v) is 15.7. The number of carbonyl (C=O) groups excluding carboxylic acids is 1. The molecule has 25 heavy (non-hydrogen) atoms. The van der Waals surface area contributed by atoms with Gasteiger partial charge in [-0.15, -0.1) is 0 Å². The summed E-state index contributed by atoms with van der Waals surface area (Å²) in [6, 6.07) is 17.9. The maximum Gasteiger partial charge on any atom is 0.410 e. The van der Waals surface area contributed by atoms with Crippen molar-refractivity contribution in [2.75, 3.05) is 13.2 Å². The van der Waals surface area contributed by atoms with E-state index in [0.717, 1.165) is 28.4 Å². The lowest BCUT2D eigenvalue weighted by Gasteiger charge is -2.33. The first-order chi connectivity index (χ1) is 12.2. The number of rotatable bonds is 5.